The number of amides is 1. The Morgan fingerprint density at radius 3 is 2.24 bits per heavy atom. The van der Waals surface area contributed by atoms with E-state index in [1.165, 1.54) is 13.1 Å². The fourth-order valence-electron chi connectivity index (χ4n) is 5.12. The van der Waals surface area contributed by atoms with E-state index in [0.717, 1.165) is 36.8 Å². The molecule has 0 radical (unpaired) electrons. The number of carbonyl (C=O) groups excluding carboxylic acids is 3. The molecule has 8 heteroatoms. The number of halogens is 2. The molecule has 0 aromatic heterocycles. The van der Waals surface area contributed by atoms with Gasteiger partial charge in [-0.3, -0.25) is 9.79 Å². The minimum atomic E-state index is -0.691. The molecular weight excluding hydrogens is 505 g/mol. The first-order valence-corrected chi connectivity index (χ1v) is 13.2. The summed E-state index contributed by atoms with van der Waals surface area (Å²) in [6, 6.07) is 12.5. The molecule has 1 heterocycles. The number of nitrogens with zero attached hydrogens (tertiary/aromatic N) is 2. The van der Waals surface area contributed by atoms with Gasteiger partial charge in [0.2, 0.25) is 0 Å². The first-order chi connectivity index (χ1) is 18.0. The van der Waals surface area contributed by atoms with E-state index in [-0.39, 0.29) is 39.4 Å². The highest BCUT2D eigenvalue weighted by molar-refractivity contribution is 6.47. The van der Waals surface area contributed by atoms with Crippen molar-refractivity contribution in [2.75, 3.05) is 7.05 Å². The Bertz CT molecular complexity index is 1150. The summed E-state index contributed by atoms with van der Waals surface area (Å²) in [6.07, 6.45) is 4.55. The van der Waals surface area contributed by atoms with Gasteiger partial charge in [-0.2, -0.15) is 0 Å². The Hall–Kier alpha value is -2.90. The number of aryl methyl sites for hydroxylation is 1. The number of rotatable bonds is 6. The molecule has 0 saturated heterocycles. The zero-order valence-electron chi connectivity index (χ0n) is 23.0. The van der Waals surface area contributed by atoms with Crippen LogP contribution in [-0.4, -0.2) is 41.8 Å². The highest BCUT2D eigenvalue weighted by Crippen LogP contribution is 2.49. The fraction of sp³-hybridized carbons (Fsp3) is 0.467. The number of hydrogen-bond acceptors (Lipinski definition) is 5. The van der Waals surface area contributed by atoms with Crippen LogP contribution in [0.3, 0.4) is 0 Å². The molecular formula is C30H39ClFN3O3. The average molecular weight is 544 g/mol. The molecule has 4 rings (SSSR count). The number of carbonyl (C=O) groups is 3. The molecule has 6 nitrogen and oxygen atoms in total. The molecule has 2 aliphatic rings. The third-order valence-electron chi connectivity index (χ3n) is 7.42. The summed E-state index contributed by atoms with van der Waals surface area (Å²) in [5, 5.41) is -0.0144. The van der Waals surface area contributed by atoms with Gasteiger partial charge in [0, 0.05) is 12.0 Å². The van der Waals surface area contributed by atoms with Gasteiger partial charge in [0.1, 0.15) is 23.9 Å². The van der Waals surface area contributed by atoms with E-state index in [9.17, 15) is 14.0 Å². The largest absolute Gasteiger partial charge is 0.333 e. The Labute approximate surface area is 230 Å². The number of aliphatic imine (C=N–C) groups is 1. The molecule has 206 valence electrons. The lowest BCUT2D eigenvalue weighted by Crippen LogP contribution is -2.51. The summed E-state index contributed by atoms with van der Waals surface area (Å²) < 4.78 is 14.9. The van der Waals surface area contributed by atoms with Gasteiger partial charge in [0.15, 0.2) is 5.82 Å². The van der Waals surface area contributed by atoms with Crippen LogP contribution in [0.5, 0.6) is 0 Å². The van der Waals surface area contributed by atoms with Gasteiger partial charge in [0.25, 0.3) is 5.91 Å². The second-order valence-corrected chi connectivity index (χ2v) is 10.9. The molecule has 1 atom stereocenters. The minimum Gasteiger partial charge on any atom is -0.333 e. The smallest absolute Gasteiger partial charge is 0.275 e. The van der Waals surface area contributed by atoms with Gasteiger partial charge in [-0.15, -0.1) is 0 Å². The quantitative estimate of drug-likeness (QED) is 0.478. The van der Waals surface area contributed by atoms with Crippen LogP contribution in [0.1, 0.15) is 82.5 Å². The van der Waals surface area contributed by atoms with Crippen molar-refractivity contribution in [3.63, 3.8) is 0 Å². The monoisotopic (exact) mass is 543 g/mol. The molecule has 1 fully saturated rings. The van der Waals surface area contributed by atoms with Gasteiger partial charge in [-0.25, -0.2) is 4.39 Å². The molecule has 1 aliphatic heterocycles. The summed E-state index contributed by atoms with van der Waals surface area (Å²) in [5.74, 6) is -0.693. The molecule has 1 amide bonds. The Kier molecular flexibility index (Phi) is 10.9. The zero-order valence-corrected chi connectivity index (χ0v) is 23.8. The first kappa shape index (κ1) is 31.3. The number of hydrogen-bond donors (Lipinski definition) is 1. The van der Waals surface area contributed by atoms with E-state index < -0.39 is 11.5 Å². The van der Waals surface area contributed by atoms with Crippen LogP contribution in [-0.2, 0) is 20.8 Å². The van der Waals surface area contributed by atoms with E-state index in [2.05, 4.69) is 19.6 Å². The van der Waals surface area contributed by atoms with Crippen molar-refractivity contribution in [1.82, 2.24) is 4.90 Å². The lowest BCUT2D eigenvalue weighted by molar-refractivity contribution is -0.133. The number of benzene rings is 2. The number of ketones is 1. The van der Waals surface area contributed by atoms with Gasteiger partial charge < -0.3 is 20.2 Å². The summed E-state index contributed by atoms with van der Waals surface area (Å²) in [5.41, 5.74) is 6.39. The number of nitrogens with two attached hydrogens (primary N) is 1. The highest BCUT2D eigenvalue weighted by atomic mass is 35.5. The molecule has 2 aromatic rings. The summed E-state index contributed by atoms with van der Waals surface area (Å²) in [4.78, 5) is 39.9. The van der Waals surface area contributed by atoms with Gasteiger partial charge in [0.05, 0.1) is 11.1 Å². The van der Waals surface area contributed by atoms with Crippen molar-refractivity contribution in [2.45, 2.75) is 77.9 Å². The molecule has 1 saturated carbocycles. The van der Waals surface area contributed by atoms with E-state index in [0.29, 0.717) is 12.8 Å². The number of Topliss-reactive ketones (excluding diaryl/α,β-unsaturated/α-hetero) is 1. The van der Waals surface area contributed by atoms with E-state index in [1.807, 2.05) is 42.9 Å². The van der Waals surface area contributed by atoms with Crippen molar-refractivity contribution < 1.29 is 18.8 Å². The van der Waals surface area contributed by atoms with Crippen LogP contribution in [0.4, 0.5) is 4.39 Å². The predicted molar refractivity (Wildman–Crippen MR) is 151 cm³/mol. The summed E-state index contributed by atoms with van der Waals surface area (Å²) in [7, 11) is 1.50. The van der Waals surface area contributed by atoms with Gasteiger partial charge >= 0.3 is 0 Å². The second-order valence-electron chi connectivity index (χ2n) is 10.5. The standard InChI is InChI=1S/C28H32ClFN2O2.CH5N.CH2O/c1-18(33)8-9-20-10-12-21(13-11-20)19(2)32-26(34)25(22-6-5-7-23(29)24(22)30)31-28(32)16-14-27(3,4)15-17-28;2*1-2/h5-7,10-13,19H,8-9,14-17H2,1-4H3;2H2,1H3;1H2. The minimum absolute atomic E-state index is 0.0144. The SMILES string of the molecule is C=O.CC(=O)CCc1ccc(C(C)N2C(=O)C(c3cccc(Cl)c3F)=NC23CCC(C)(C)CC3)cc1.CN. The van der Waals surface area contributed by atoms with Crippen molar-refractivity contribution in [2.24, 2.45) is 16.1 Å². The van der Waals surface area contributed by atoms with Crippen LogP contribution < -0.4 is 5.73 Å². The third-order valence-corrected chi connectivity index (χ3v) is 7.71. The van der Waals surface area contributed by atoms with E-state index >= 15 is 0 Å². The van der Waals surface area contributed by atoms with Gasteiger partial charge in [-0.1, -0.05) is 55.8 Å². The molecule has 1 spiro atoms. The molecule has 2 aromatic carbocycles. The normalized spacial score (nSPS) is 18.1. The topological polar surface area (TPSA) is 92.8 Å². The fourth-order valence-corrected chi connectivity index (χ4v) is 5.30. The van der Waals surface area contributed by atoms with E-state index in [1.54, 1.807) is 19.1 Å². The maximum Gasteiger partial charge on any atom is 0.275 e. The van der Waals surface area contributed by atoms with Crippen molar-refractivity contribution in [3.05, 3.63) is 70.0 Å². The Morgan fingerprint density at radius 2 is 1.68 bits per heavy atom. The maximum absolute atomic E-state index is 14.9. The molecule has 0 bridgehead atoms. The Balaban J connectivity index is 0.00000121. The van der Waals surface area contributed by atoms with E-state index in [4.69, 9.17) is 21.4 Å². The van der Waals surface area contributed by atoms with Crippen LogP contribution in [0.15, 0.2) is 47.5 Å². The average Bonchev–Trinajstić information content (AvgIpc) is 3.20. The van der Waals surface area contributed by atoms with Crippen molar-refractivity contribution in [3.8, 4) is 0 Å². The lowest BCUT2D eigenvalue weighted by atomic mass is 9.72. The third kappa shape index (κ3) is 6.75. The Morgan fingerprint density at radius 1 is 1.11 bits per heavy atom. The summed E-state index contributed by atoms with van der Waals surface area (Å²) >= 11 is 6.03. The molecule has 2 N–H and O–H groups in total. The van der Waals surface area contributed by atoms with Crippen molar-refractivity contribution in [1.29, 1.82) is 0 Å². The lowest BCUT2D eigenvalue weighted by Gasteiger charge is -2.46. The molecule has 1 aliphatic carbocycles. The second kappa shape index (κ2) is 13.3. The van der Waals surface area contributed by atoms with Crippen LogP contribution in [0, 0.1) is 11.2 Å². The highest BCUT2D eigenvalue weighted by Gasteiger charge is 2.52. The van der Waals surface area contributed by atoms with Crippen molar-refractivity contribution >= 4 is 35.8 Å². The van der Waals surface area contributed by atoms with Gasteiger partial charge in [-0.05, 0) is 81.7 Å². The maximum atomic E-state index is 14.9. The van der Waals surface area contributed by atoms with Crippen LogP contribution in [0.25, 0.3) is 0 Å². The molecule has 38 heavy (non-hydrogen) atoms. The first-order valence-electron chi connectivity index (χ1n) is 12.9. The van der Waals surface area contributed by atoms with Crippen LogP contribution in [0.2, 0.25) is 5.02 Å². The van der Waals surface area contributed by atoms with Crippen LogP contribution >= 0.6 is 11.6 Å². The zero-order chi connectivity index (χ0) is 28.7. The predicted octanol–water partition coefficient (Wildman–Crippen LogP) is 6.08. The summed E-state index contributed by atoms with van der Waals surface area (Å²) in [6.45, 7) is 10.1. The molecule has 1 unspecified atom stereocenters.